The topological polar surface area (TPSA) is 50.4 Å². The molecule has 0 radical (unpaired) electrons. The van der Waals surface area contributed by atoms with Gasteiger partial charge in [0.15, 0.2) is 0 Å². The first kappa shape index (κ1) is 14.4. The highest BCUT2D eigenvalue weighted by Gasteiger charge is 2.29. The van der Waals surface area contributed by atoms with Gasteiger partial charge < -0.3 is 15.4 Å². The van der Waals surface area contributed by atoms with Crippen molar-refractivity contribution in [3.8, 4) is 0 Å². The van der Waals surface area contributed by atoms with Crippen molar-refractivity contribution in [2.75, 3.05) is 31.3 Å². The standard InChI is InChI=1S/C14H20N2O2S/c1-3-15-13-11-6-5-10(19-8-4-7-18-2)9-12(11)16-14(13)17/h5-6,9,13,15H,3-4,7-8H2,1-2H3,(H,16,17). The van der Waals surface area contributed by atoms with Crippen molar-refractivity contribution in [2.24, 2.45) is 0 Å². The second kappa shape index (κ2) is 6.93. The van der Waals surface area contributed by atoms with Crippen LogP contribution in [0.3, 0.4) is 0 Å². The van der Waals surface area contributed by atoms with Gasteiger partial charge in [-0.25, -0.2) is 0 Å². The second-order valence-corrected chi connectivity index (χ2v) is 5.59. The molecular weight excluding hydrogens is 260 g/mol. The molecule has 19 heavy (non-hydrogen) atoms. The number of anilines is 1. The van der Waals surface area contributed by atoms with E-state index in [1.807, 2.05) is 13.0 Å². The molecule has 1 unspecified atom stereocenters. The third-order valence-corrected chi connectivity index (χ3v) is 4.11. The Bertz CT molecular complexity index is 451. The van der Waals surface area contributed by atoms with Gasteiger partial charge in [-0.05, 0) is 25.1 Å². The van der Waals surface area contributed by atoms with E-state index in [-0.39, 0.29) is 11.9 Å². The number of methoxy groups -OCH3 is 1. The molecule has 1 atom stereocenters. The maximum Gasteiger partial charge on any atom is 0.246 e. The summed E-state index contributed by atoms with van der Waals surface area (Å²) in [5.74, 6) is 1.07. The molecule has 0 spiro atoms. The Morgan fingerprint density at radius 1 is 1.47 bits per heavy atom. The van der Waals surface area contributed by atoms with Crippen LogP contribution in [0.5, 0.6) is 0 Å². The van der Waals surface area contributed by atoms with E-state index >= 15 is 0 Å². The van der Waals surface area contributed by atoms with Crippen molar-refractivity contribution in [1.29, 1.82) is 0 Å². The number of benzene rings is 1. The lowest BCUT2D eigenvalue weighted by atomic mass is 10.1. The Morgan fingerprint density at radius 3 is 3.05 bits per heavy atom. The Hall–Kier alpha value is -1.04. The lowest BCUT2D eigenvalue weighted by Gasteiger charge is -2.09. The minimum Gasteiger partial charge on any atom is -0.385 e. The molecule has 1 aliphatic heterocycles. The average Bonchev–Trinajstić information content (AvgIpc) is 2.71. The van der Waals surface area contributed by atoms with Gasteiger partial charge in [-0.2, -0.15) is 0 Å². The number of rotatable bonds is 7. The number of fused-ring (bicyclic) bond motifs is 1. The molecule has 2 rings (SSSR count). The molecule has 0 fully saturated rings. The second-order valence-electron chi connectivity index (χ2n) is 4.42. The van der Waals surface area contributed by atoms with Crippen LogP contribution in [0.2, 0.25) is 0 Å². The lowest BCUT2D eigenvalue weighted by molar-refractivity contribution is -0.117. The van der Waals surface area contributed by atoms with E-state index in [9.17, 15) is 4.79 Å². The summed E-state index contributed by atoms with van der Waals surface area (Å²) < 4.78 is 5.03. The Morgan fingerprint density at radius 2 is 2.32 bits per heavy atom. The number of hydrogen-bond donors (Lipinski definition) is 2. The first-order chi connectivity index (χ1) is 9.26. The Labute approximate surface area is 118 Å². The predicted octanol–water partition coefficient (Wildman–Crippen LogP) is 2.42. The zero-order valence-corrected chi connectivity index (χ0v) is 12.2. The number of carbonyl (C=O) groups is 1. The molecule has 2 N–H and O–H groups in total. The molecule has 1 aliphatic rings. The summed E-state index contributed by atoms with van der Waals surface area (Å²) in [6.07, 6.45) is 1.03. The smallest absolute Gasteiger partial charge is 0.246 e. The molecule has 1 aromatic rings. The van der Waals surface area contributed by atoms with E-state index in [0.29, 0.717) is 0 Å². The van der Waals surface area contributed by atoms with Crippen molar-refractivity contribution in [2.45, 2.75) is 24.3 Å². The van der Waals surface area contributed by atoms with Crippen LogP contribution < -0.4 is 10.6 Å². The van der Waals surface area contributed by atoms with E-state index in [1.54, 1.807) is 18.9 Å². The van der Waals surface area contributed by atoms with Crippen molar-refractivity contribution in [3.63, 3.8) is 0 Å². The fourth-order valence-electron chi connectivity index (χ4n) is 2.13. The van der Waals surface area contributed by atoms with Crippen molar-refractivity contribution in [1.82, 2.24) is 5.32 Å². The van der Waals surface area contributed by atoms with Gasteiger partial charge in [0.05, 0.1) is 0 Å². The van der Waals surface area contributed by atoms with Crippen LogP contribution >= 0.6 is 11.8 Å². The monoisotopic (exact) mass is 280 g/mol. The number of nitrogens with one attached hydrogen (secondary N) is 2. The van der Waals surface area contributed by atoms with E-state index in [1.165, 1.54) is 4.90 Å². The lowest BCUT2D eigenvalue weighted by Crippen LogP contribution is -2.27. The zero-order valence-electron chi connectivity index (χ0n) is 11.4. The molecule has 104 valence electrons. The third kappa shape index (κ3) is 3.49. The number of ether oxygens (including phenoxy) is 1. The highest BCUT2D eigenvalue weighted by Crippen LogP contribution is 2.34. The number of hydrogen-bond acceptors (Lipinski definition) is 4. The average molecular weight is 280 g/mol. The summed E-state index contributed by atoms with van der Waals surface area (Å²) in [4.78, 5) is 13.0. The number of amides is 1. The Kier molecular flexibility index (Phi) is 5.24. The summed E-state index contributed by atoms with van der Waals surface area (Å²) in [6.45, 7) is 3.58. The molecule has 0 aromatic heterocycles. The van der Waals surface area contributed by atoms with Gasteiger partial charge in [-0.15, -0.1) is 11.8 Å². The van der Waals surface area contributed by atoms with Crippen molar-refractivity contribution < 1.29 is 9.53 Å². The summed E-state index contributed by atoms with van der Waals surface area (Å²) in [5, 5.41) is 6.13. The van der Waals surface area contributed by atoms with Crippen LogP contribution in [-0.2, 0) is 9.53 Å². The molecule has 0 aliphatic carbocycles. The summed E-state index contributed by atoms with van der Waals surface area (Å²) in [6, 6.07) is 5.98. The van der Waals surface area contributed by atoms with Crippen LogP contribution in [0.1, 0.15) is 24.9 Å². The quantitative estimate of drug-likeness (QED) is 0.595. The largest absolute Gasteiger partial charge is 0.385 e. The van der Waals surface area contributed by atoms with Gasteiger partial charge in [0.2, 0.25) is 5.91 Å². The Balaban J connectivity index is 2.01. The van der Waals surface area contributed by atoms with Gasteiger partial charge in [-0.1, -0.05) is 13.0 Å². The molecule has 0 bridgehead atoms. The third-order valence-electron chi connectivity index (χ3n) is 3.03. The molecule has 1 aromatic carbocycles. The van der Waals surface area contributed by atoms with Gasteiger partial charge in [0, 0.05) is 35.6 Å². The fraction of sp³-hybridized carbons (Fsp3) is 0.500. The zero-order chi connectivity index (χ0) is 13.7. The highest BCUT2D eigenvalue weighted by molar-refractivity contribution is 7.99. The van der Waals surface area contributed by atoms with Gasteiger partial charge >= 0.3 is 0 Å². The first-order valence-corrected chi connectivity index (χ1v) is 7.54. The van der Waals surface area contributed by atoms with Crippen molar-refractivity contribution in [3.05, 3.63) is 23.8 Å². The summed E-state index contributed by atoms with van der Waals surface area (Å²) >= 11 is 1.79. The van der Waals surface area contributed by atoms with E-state index in [2.05, 4.69) is 22.8 Å². The number of likely N-dealkylation sites (N-methyl/N-ethyl adjacent to an activating group) is 1. The SMILES string of the molecule is CCNC1C(=O)Nc2cc(SCCCOC)ccc21. The number of thioether (sulfide) groups is 1. The predicted molar refractivity (Wildman–Crippen MR) is 78.7 cm³/mol. The molecule has 5 heteroatoms. The van der Waals surface area contributed by atoms with Crippen LogP contribution in [-0.4, -0.2) is 31.9 Å². The van der Waals surface area contributed by atoms with Crippen molar-refractivity contribution >= 4 is 23.4 Å². The maximum absolute atomic E-state index is 11.8. The molecule has 1 amide bonds. The fourth-order valence-corrected chi connectivity index (χ4v) is 2.99. The van der Waals surface area contributed by atoms with Crippen LogP contribution in [0.15, 0.2) is 23.1 Å². The minimum atomic E-state index is -0.201. The number of carbonyl (C=O) groups excluding carboxylic acids is 1. The molecular formula is C14H20N2O2S. The first-order valence-electron chi connectivity index (χ1n) is 6.56. The maximum atomic E-state index is 11.8. The van der Waals surface area contributed by atoms with Gasteiger partial charge in [-0.3, -0.25) is 4.79 Å². The van der Waals surface area contributed by atoms with Gasteiger partial charge in [0.1, 0.15) is 6.04 Å². The van der Waals surface area contributed by atoms with E-state index < -0.39 is 0 Å². The van der Waals surface area contributed by atoms with E-state index in [4.69, 9.17) is 4.74 Å². The normalized spacial score (nSPS) is 17.4. The van der Waals surface area contributed by atoms with Gasteiger partial charge in [0.25, 0.3) is 0 Å². The highest BCUT2D eigenvalue weighted by atomic mass is 32.2. The molecule has 0 saturated heterocycles. The summed E-state index contributed by atoms with van der Waals surface area (Å²) in [5.41, 5.74) is 1.99. The molecule has 0 saturated carbocycles. The van der Waals surface area contributed by atoms with E-state index in [0.717, 1.165) is 36.6 Å². The molecule has 1 heterocycles. The van der Waals surface area contributed by atoms with Crippen LogP contribution in [0.25, 0.3) is 0 Å². The molecule has 4 nitrogen and oxygen atoms in total. The van der Waals surface area contributed by atoms with Crippen LogP contribution in [0.4, 0.5) is 5.69 Å². The summed E-state index contributed by atoms with van der Waals surface area (Å²) in [7, 11) is 1.72. The minimum absolute atomic E-state index is 0.0402. The van der Waals surface area contributed by atoms with Crippen LogP contribution in [0, 0.1) is 0 Å².